The van der Waals surface area contributed by atoms with E-state index < -0.39 is 16.1 Å². The number of amides is 1. The van der Waals surface area contributed by atoms with Gasteiger partial charge in [0.2, 0.25) is 10.0 Å². The third-order valence-corrected chi connectivity index (χ3v) is 9.76. The van der Waals surface area contributed by atoms with Crippen molar-refractivity contribution >= 4 is 33.0 Å². The standard InChI is InChI=1S/C25H32N8O4S2/c1-16(2)33-9-7-32(8-10-33)15-21(19-11-17(5-6-27-19)31-39(36,37)18-3-4-18)30-24(35)25-28-13-22(38-25)20-12-26-14-23(34)29-20/h5-6,11-14,16,18,21H,3-4,7-10,15H2,1-2H3,(H,27,31)(H,29,34)(H,30,35)/t21-/m0/s1. The van der Waals surface area contributed by atoms with Gasteiger partial charge < -0.3 is 10.3 Å². The number of carbonyl (C=O) groups is 1. The Bertz CT molecular complexity index is 1480. The number of rotatable bonds is 10. The average Bonchev–Trinajstić information content (AvgIpc) is 3.66. The third kappa shape index (κ3) is 6.87. The Balaban J connectivity index is 1.35. The number of sulfonamides is 1. The summed E-state index contributed by atoms with van der Waals surface area (Å²) in [4.78, 5) is 45.6. The summed E-state index contributed by atoms with van der Waals surface area (Å²) in [5.41, 5.74) is 1.12. The van der Waals surface area contributed by atoms with Crippen molar-refractivity contribution in [2.75, 3.05) is 37.4 Å². The van der Waals surface area contributed by atoms with Crippen LogP contribution in [0.25, 0.3) is 10.6 Å². The lowest BCUT2D eigenvalue weighted by atomic mass is 10.1. The van der Waals surface area contributed by atoms with Crippen molar-refractivity contribution in [1.82, 2.24) is 35.1 Å². The first-order valence-corrected chi connectivity index (χ1v) is 15.3. The van der Waals surface area contributed by atoms with E-state index in [4.69, 9.17) is 0 Å². The van der Waals surface area contributed by atoms with Gasteiger partial charge in [-0.25, -0.2) is 13.4 Å². The summed E-state index contributed by atoms with van der Waals surface area (Å²) < 4.78 is 27.7. The minimum absolute atomic E-state index is 0.231. The van der Waals surface area contributed by atoms with Crippen molar-refractivity contribution in [1.29, 1.82) is 0 Å². The van der Waals surface area contributed by atoms with Gasteiger partial charge in [-0.05, 0) is 38.8 Å². The molecule has 14 heteroatoms. The molecule has 1 saturated carbocycles. The predicted octanol–water partition coefficient (Wildman–Crippen LogP) is 1.69. The molecule has 5 rings (SSSR count). The molecule has 1 atom stereocenters. The fourth-order valence-electron chi connectivity index (χ4n) is 4.49. The molecule has 1 amide bonds. The lowest BCUT2D eigenvalue weighted by Gasteiger charge is -2.38. The fourth-order valence-corrected chi connectivity index (χ4v) is 6.65. The van der Waals surface area contributed by atoms with Gasteiger partial charge in [0.05, 0.1) is 45.6 Å². The third-order valence-electron chi connectivity index (χ3n) is 6.86. The molecule has 0 spiro atoms. The van der Waals surface area contributed by atoms with Gasteiger partial charge in [-0.1, -0.05) is 0 Å². The molecule has 2 aliphatic rings. The highest BCUT2D eigenvalue weighted by atomic mass is 32.2. The van der Waals surface area contributed by atoms with Gasteiger partial charge in [0, 0.05) is 51.2 Å². The Kier molecular flexibility index (Phi) is 8.07. The number of pyridine rings is 1. The first-order chi connectivity index (χ1) is 18.7. The molecule has 4 heterocycles. The predicted molar refractivity (Wildman–Crippen MR) is 149 cm³/mol. The molecule has 2 fully saturated rings. The number of hydrogen-bond acceptors (Lipinski definition) is 10. The van der Waals surface area contributed by atoms with Crippen LogP contribution in [0.3, 0.4) is 0 Å². The zero-order chi connectivity index (χ0) is 27.6. The average molecular weight is 573 g/mol. The molecular weight excluding hydrogens is 540 g/mol. The summed E-state index contributed by atoms with van der Waals surface area (Å²) in [6.45, 7) is 8.40. The molecule has 0 aromatic carbocycles. The summed E-state index contributed by atoms with van der Waals surface area (Å²) in [5, 5.41) is 2.94. The second kappa shape index (κ2) is 11.5. The van der Waals surface area contributed by atoms with Crippen LogP contribution in [-0.2, 0) is 10.0 Å². The maximum Gasteiger partial charge on any atom is 0.280 e. The van der Waals surface area contributed by atoms with Crippen molar-refractivity contribution in [3.63, 3.8) is 0 Å². The lowest BCUT2D eigenvalue weighted by Crippen LogP contribution is -2.51. The fraction of sp³-hybridized carbons (Fsp3) is 0.480. The summed E-state index contributed by atoms with van der Waals surface area (Å²) >= 11 is 1.15. The van der Waals surface area contributed by atoms with E-state index in [1.54, 1.807) is 18.3 Å². The maximum atomic E-state index is 13.3. The summed E-state index contributed by atoms with van der Waals surface area (Å²) in [6, 6.07) is 3.27. The second-order valence-corrected chi connectivity index (χ2v) is 13.1. The minimum Gasteiger partial charge on any atom is -0.340 e. The van der Waals surface area contributed by atoms with Crippen molar-refractivity contribution in [3.05, 3.63) is 58.0 Å². The van der Waals surface area contributed by atoms with Crippen LogP contribution in [0, 0.1) is 0 Å². The monoisotopic (exact) mass is 572 g/mol. The Morgan fingerprint density at radius 1 is 1.15 bits per heavy atom. The molecule has 1 saturated heterocycles. The van der Waals surface area contributed by atoms with E-state index in [2.05, 4.69) is 53.6 Å². The van der Waals surface area contributed by atoms with Gasteiger partial charge in [-0.3, -0.25) is 34.1 Å². The molecule has 0 radical (unpaired) electrons. The van der Waals surface area contributed by atoms with E-state index in [1.165, 1.54) is 18.6 Å². The van der Waals surface area contributed by atoms with E-state index in [0.29, 0.717) is 47.4 Å². The topological polar surface area (TPSA) is 153 Å². The number of H-pyrrole nitrogens is 1. The normalized spacial score (nSPS) is 17.7. The summed E-state index contributed by atoms with van der Waals surface area (Å²) in [7, 11) is -3.44. The number of nitrogens with zero attached hydrogens (tertiary/aromatic N) is 5. The minimum atomic E-state index is -3.44. The van der Waals surface area contributed by atoms with Crippen LogP contribution in [0.4, 0.5) is 5.69 Å². The zero-order valence-electron chi connectivity index (χ0n) is 21.8. The number of aromatic nitrogens is 4. The number of nitrogens with one attached hydrogen (secondary N) is 3. The van der Waals surface area contributed by atoms with Gasteiger partial charge in [0.25, 0.3) is 11.5 Å². The van der Waals surface area contributed by atoms with Gasteiger partial charge in [0.15, 0.2) is 5.01 Å². The van der Waals surface area contributed by atoms with Crippen LogP contribution in [0.1, 0.15) is 48.2 Å². The molecule has 1 aliphatic heterocycles. The smallest absolute Gasteiger partial charge is 0.280 e. The second-order valence-electron chi connectivity index (χ2n) is 10.1. The largest absolute Gasteiger partial charge is 0.340 e. The number of carbonyl (C=O) groups excluding carboxylic acids is 1. The zero-order valence-corrected chi connectivity index (χ0v) is 23.5. The van der Waals surface area contributed by atoms with Crippen LogP contribution < -0.4 is 15.6 Å². The van der Waals surface area contributed by atoms with E-state index >= 15 is 0 Å². The number of anilines is 1. The van der Waals surface area contributed by atoms with Crippen LogP contribution in [0.15, 0.2) is 41.7 Å². The quantitative estimate of drug-likeness (QED) is 0.329. The molecule has 0 unspecified atom stereocenters. The van der Waals surface area contributed by atoms with Crippen molar-refractivity contribution in [2.45, 2.75) is 44.0 Å². The Hall–Kier alpha value is -3.20. The van der Waals surface area contributed by atoms with Crippen LogP contribution in [0.5, 0.6) is 0 Å². The number of hydrogen-bond donors (Lipinski definition) is 3. The Morgan fingerprint density at radius 2 is 1.92 bits per heavy atom. The molecule has 12 nitrogen and oxygen atoms in total. The van der Waals surface area contributed by atoms with E-state index in [9.17, 15) is 18.0 Å². The maximum absolute atomic E-state index is 13.3. The molecule has 3 aromatic heterocycles. The van der Waals surface area contributed by atoms with Crippen molar-refractivity contribution in [2.24, 2.45) is 0 Å². The highest BCUT2D eigenvalue weighted by Gasteiger charge is 2.36. The summed E-state index contributed by atoms with van der Waals surface area (Å²) in [5.74, 6) is -0.380. The van der Waals surface area contributed by atoms with Crippen LogP contribution in [-0.4, -0.2) is 88.1 Å². The highest BCUT2D eigenvalue weighted by molar-refractivity contribution is 7.93. The molecule has 1 aliphatic carbocycles. The number of piperazine rings is 1. The molecule has 39 heavy (non-hydrogen) atoms. The van der Waals surface area contributed by atoms with Crippen LogP contribution >= 0.6 is 11.3 Å². The first kappa shape index (κ1) is 27.4. The molecule has 3 aromatic rings. The summed E-state index contributed by atoms with van der Waals surface area (Å²) in [6.07, 6.45) is 7.09. The van der Waals surface area contributed by atoms with Gasteiger partial charge >= 0.3 is 0 Å². The highest BCUT2D eigenvalue weighted by Crippen LogP contribution is 2.30. The van der Waals surface area contributed by atoms with Crippen molar-refractivity contribution < 1.29 is 13.2 Å². The Labute approximate surface area is 231 Å². The van der Waals surface area contributed by atoms with Gasteiger partial charge in [-0.15, -0.1) is 11.3 Å². The molecule has 3 N–H and O–H groups in total. The van der Waals surface area contributed by atoms with Gasteiger partial charge in [-0.2, -0.15) is 0 Å². The van der Waals surface area contributed by atoms with Crippen molar-refractivity contribution in [3.8, 4) is 10.6 Å². The van der Waals surface area contributed by atoms with Gasteiger partial charge in [0.1, 0.15) is 0 Å². The molecular formula is C25H32N8O4S2. The van der Waals surface area contributed by atoms with Crippen LogP contribution in [0.2, 0.25) is 0 Å². The van der Waals surface area contributed by atoms with E-state index in [0.717, 1.165) is 37.5 Å². The number of thiazole rings is 1. The first-order valence-electron chi connectivity index (χ1n) is 12.9. The lowest BCUT2D eigenvalue weighted by molar-refractivity contribution is 0.0861. The number of aromatic amines is 1. The van der Waals surface area contributed by atoms with E-state index in [1.807, 2.05) is 0 Å². The molecule has 208 valence electrons. The SMILES string of the molecule is CC(C)N1CCN(C[C@H](NC(=O)c2ncc(-c3cncc(=O)[nH]3)s2)c2cc(NS(=O)(=O)C3CC3)ccn2)CC1. The Morgan fingerprint density at radius 3 is 2.62 bits per heavy atom. The molecule has 0 bridgehead atoms. The van der Waals surface area contributed by atoms with E-state index in [-0.39, 0.29) is 21.7 Å².